The zero-order chi connectivity index (χ0) is 16.4. The second-order valence-electron chi connectivity index (χ2n) is 4.78. The van der Waals surface area contributed by atoms with Crippen LogP contribution in [0.15, 0.2) is 40.1 Å². The summed E-state index contributed by atoms with van der Waals surface area (Å²) in [4.78, 5) is 4.50. The fourth-order valence-electron chi connectivity index (χ4n) is 2.03. The molecule has 0 saturated carbocycles. The molecule has 0 aliphatic heterocycles. The zero-order valence-electron chi connectivity index (χ0n) is 12.0. The van der Waals surface area contributed by atoms with Gasteiger partial charge < -0.3 is 4.42 Å². The molecule has 3 rings (SSSR count). The van der Waals surface area contributed by atoms with Gasteiger partial charge in [0.1, 0.15) is 22.6 Å². The van der Waals surface area contributed by atoms with E-state index in [0.29, 0.717) is 32.1 Å². The van der Waals surface area contributed by atoms with Crippen LogP contribution in [0.4, 0.5) is 0 Å². The molecule has 0 spiro atoms. The van der Waals surface area contributed by atoms with Crippen molar-refractivity contribution in [2.24, 2.45) is 0 Å². The molecule has 0 bridgehead atoms. The van der Waals surface area contributed by atoms with E-state index in [1.807, 2.05) is 30.5 Å². The highest BCUT2D eigenvalue weighted by atomic mass is 35.5. The summed E-state index contributed by atoms with van der Waals surface area (Å²) in [6, 6.07) is 11.1. The number of hydrogen-bond donors (Lipinski definition) is 0. The minimum absolute atomic E-state index is 0.445. The predicted molar refractivity (Wildman–Crippen MR) is 94.5 cm³/mol. The van der Waals surface area contributed by atoms with E-state index in [4.69, 9.17) is 27.6 Å². The zero-order valence-corrected chi connectivity index (χ0v) is 14.3. The van der Waals surface area contributed by atoms with E-state index >= 15 is 0 Å². The van der Waals surface area contributed by atoms with Gasteiger partial charge in [0.25, 0.3) is 0 Å². The standard InChI is InChI=1S/C17H10Cl2N2OS/c1-10-2-4-13(22-10)6-11(8-20)17-21-16(9-23-17)14-5-3-12(18)7-15(14)19/h2-7,9H,1H3/b11-6+. The van der Waals surface area contributed by atoms with E-state index in [-0.39, 0.29) is 0 Å². The summed E-state index contributed by atoms with van der Waals surface area (Å²) in [5, 5.41) is 13.0. The molecule has 2 heterocycles. The molecule has 3 nitrogen and oxygen atoms in total. The lowest BCUT2D eigenvalue weighted by molar-refractivity contribution is 0.525. The van der Waals surface area contributed by atoms with Gasteiger partial charge in [-0.2, -0.15) is 5.26 Å². The quantitative estimate of drug-likeness (QED) is 0.531. The van der Waals surface area contributed by atoms with Crippen LogP contribution in [0.3, 0.4) is 0 Å². The summed E-state index contributed by atoms with van der Waals surface area (Å²) in [5.41, 5.74) is 1.94. The first-order chi connectivity index (χ1) is 11.1. The van der Waals surface area contributed by atoms with Crippen molar-refractivity contribution in [2.75, 3.05) is 0 Å². The predicted octanol–water partition coefficient (Wildman–Crippen LogP) is 6.08. The number of nitriles is 1. The van der Waals surface area contributed by atoms with Crippen molar-refractivity contribution in [2.45, 2.75) is 6.92 Å². The summed E-state index contributed by atoms with van der Waals surface area (Å²) >= 11 is 13.5. The molecule has 0 unspecified atom stereocenters. The van der Waals surface area contributed by atoms with Gasteiger partial charge in [-0.15, -0.1) is 11.3 Å². The van der Waals surface area contributed by atoms with E-state index in [0.717, 1.165) is 11.3 Å². The molecular formula is C17H10Cl2N2OS. The maximum absolute atomic E-state index is 9.38. The van der Waals surface area contributed by atoms with Crippen molar-refractivity contribution in [1.82, 2.24) is 4.98 Å². The average molecular weight is 361 g/mol. The molecule has 0 atom stereocenters. The molecule has 0 aliphatic rings. The van der Waals surface area contributed by atoms with Crippen LogP contribution in [0, 0.1) is 18.3 Å². The number of nitrogens with zero attached hydrogens (tertiary/aromatic N) is 2. The Hall–Kier alpha value is -2.06. The normalized spacial score (nSPS) is 11.5. The number of benzene rings is 1. The lowest BCUT2D eigenvalue weighted by Crippen LogP contribution is -1.83. The summed E-state index contributed by atoms with van der Waals surface area (Å²) in [5.74, 6) is 1.42. The molecule has 1 aromatic carbocycles. The molecule has 23 heavy (non-hydrogen) atoms. The van der Waals surface area contributed by atoms with Crippen molar-refractivity contribution in [3.8, 4) is 17.3 Å². The molecule has 0 N–H and O–H groups in total. The molecular weight excluding hydrogens is 351 g/mol. The molecule has 6 heteroatoms. The van der Waals surface area contributed by atoms with Gasteiger partial charge >= 0.3 is 0 Å². The Bertz CT molecular complexity index is 934. The first-order valence-electron chi connectivity index (χ1n) is 6.66. The molecule has 0 radical (unpaired) electrons. The SMILES string of the molecule is Cc1ccc(/C=C(\C#N)c2nc(-c3ccc(Cl)cc3Cl)cs2)o1. The fraction of sp³-hybridized carbons (Fsp3) is 0.0588. The number of aryl methyl sites for hydroxylation is 1. The minimum Gasteiger partial charge on any atom is -0.462 e. The van der Waals surface area contributed by atoms with Crippen molar-refractivity contribution in [1.29, 1.82) is 5.26 Å². The molecule has 3 aromatic rings. The topological polar surface area (TPSA) is 49.8 Å². The highest BCUT2D eigenvalue weighted by Gasteiger charge is 2.12. The van der Waals surface area contributed by atoms with Crippen LogP contribution >= 0.6 is 34.5 Å². The van der Waals surface area contributed by atoms with Crippen molar-refractivity contribution in [3.63, 3.8) is 0 Å². The molecule has 0 saturated heterocycles. The van der Waals surface area contributed by atoms with Crippen LogP contribution in [0.2, 0.25) is 10.0 Å². The molecule has 0 amide bonds. The first-order valence-corrected chi connectivity index (χ1v) is 8.30. The number of thiazole rings is 1. The Morgan fingerprint density at radius 3 is 2.78 bits per heavy atom. The van der Waals surface area contributed by atoms with Gasteiger partial charge in [-0.3, -0.25) is 0 Å². The number of allylic oxidation sites excluding steroid dienone is 1. The first kappa shape index (κ1) is 15.8. The van der Waals surface area contributed by atoms with E-state index in [1.54, 1.807) is 18.2 Å². The van der Waals surface area contributed by atoms with Crippen molar-refractivity contribution >= 4 is 46.2 Å². The van der Waals surface area contributed by atoms with Gasteiger partial charge in [0.15, 0.2) is 0 Å². The molecule has 114 valence electrons. The third kappa shape index (κ3) is 3.48. The number of furan rings is 1. The summed E-state index contributed by atoms with van der Waals surface area (Å²) in [6.07, 6.45) is 1.68. The van der Waals surface area contributed by atoms with Gasteiger partial charge in [0.05, 0.1) is 16.3 Å². The van der Waals surface area contributed by atoms with Crippen LogP contribution < -0.4 is 0 Å². The van der Waals surface area contributed by atoms with Gasteiger partial charge in [-0.05, 0) is 37.3 Å². The van der Waals surface area contributed by atoms with Crippen molar-refractivity contribution < 1.29 is 4.42 Å². The second kappa shape index (κ2) is 6.59. The highest BCUT2D eigenvalue weighted by Crippen LogP contribution is 2.33. The Morgan fingerprint density at radius 1 is 1.30 bits per heavy atom. The molecule has 0 fully saturated rings. The molecule has 2 aromatic heterocycles. The fourth-order valence-corrected chi connectivity index (χ4v) is 3.32. The maximum Gasteiger partial charge on any atom is 0.134 e. The van der Waals surface area contributed by atoms with Gasteiger partial charge in [-0.25, -0.2) is 4.98 Å². The van der Waals surface area contributed by atoms with Crippen molar-refractivity contribution in [3.05, 3.63) is 62.3 Å². The van der Waals surface area contributed by atoms with Crippen LogP contribution in [-0.4, -0.2) is 4.98 Å². The smallest absolute Gasteiger partial charge is 0.134 e. The summed E-state index contributed by atoms with van der Waals surface area (Å²) in [6.45, 7) is 1.85. The lowest BCUT2D eigenvalue weighted by atomic mass is 10.2. The summed E-state index contributed by atoms with van der Waals surface area (Å²) < 4.78 is 5.47. The van der Waals surface area contributed by atoms with Crippen LogP contribution in [0.5, 0.6) is 0 Å². The summed E-state index contributed by atoms with van der Waals surface area (Å²) in [7, 11) is 0. The third-order valence-corrected chi connectivity index (χ3v) is 4.53. The average Bonchev–Trinajstić information content (AvgIpc) is 3.14. The largest absolute Gasteiger partial charge is 0.462 e. The Kier molecular flexibility index (Phi) is 4.53. The Morgan fingerprint density at radius 2 is 2.13 bits per heavy atom. The Labute approximate surface area is 147 Å². The number of rotatable bonds is 3. The Balaban J connectivity index is 1.97. The van der Waals surface area contributed by atoms with Gasteiger partial charge in [-0.1, -0.05) is 23.2 Å². The van der Waals surface area contributed by atoms with Gasteiger partial charge in [0, 0.05) is 22.0 Å². The second-order valence-corrected chi connectivity index (χ2v) is 6.48. The van der Waals surface area contributed by atoms with E-state index in [2.05, 4.69) is 11.1 Å². The van der Waals surface area contributed by atoms with Gasteiger partial charge in [0.2, 0.25) is 0 Å². The molecule has 0 aliphatic carbocycles. The maximum atomic E-state index is 9.38. The van der Waals surface area contributed by atoms with E-state index in [9.17, 15) is 5.26 Å². The minimum atomic E-state index is 0.445. The highest BCUT2D eigenvalue weighted by molar-refractivity contribution is 7.11. The number of aromatic nitrogens is 1. The monoisotopic (exact) mass is 360 g/mol. The third-order valence-electron chi connectivity index (χ3n) is 3.11. The van der Waals surface area contributed by atoms with E-state index < -0.39 is 0 Å². The van der Waals surface area contributed by atoms with Crippen LogP contribution in [0.1, 0.15) is 16.5 Å². The number of hydrogen-bond acceptors (Lipinski definition) is 4. The number of halogens is 2. The van der Waals surface area contributed by atoms with Crippen LogP contribution in [-0.2, 0) is 0 Å². The lowest BCUT2D eigenvalue weighted by Gasteiger charge is -2.00. The van der Waals surface area contributed by atoms with Crippen LogP contribution in [0.25, 0.3) is 22.9 Å². The van der Waals surface area contributed by atoms with E-state index in [1.165, 1.54) is 11.3 Å².